The number of aryl methyl sites for hydroxylation is 1. The average Bonchev–Trinajstić information content (AvgIpc) is 3.34. The molecule has 0 bridgehead atoms. The molecular weight excluding hydrogens is 430 g/mol. The number of aromatic amines is 1. The van der Waals surface area contributed by atoms with E-state index >= 15 is 0 Å². The summed E-state index contributed by atoms with van der Waals surface area (Å²) in [4.78, 5) is 28.7. The minimum Gasteiger partial charge on any atom is -0.462 e. The van der Waals surface area contributed by atoms with Gasteiger partial charge in [-0.1, -0.05) is 42.5 Å². The second-order valence-corrected chi connectivity index (χ2v) is 8.63. The molecule has 0 radical (unpaired) electrons. The number of thioether (sulfide) groups is 1. The molecule has 8 heteroatoms. The summed E-state index contributed by atoms with van der Waals surface area (Å²) in [6.45, 7) is 2.03. The van der Waals surface area contributed by atoms with Crippen LogP contribution in [-0.4, -0.2) is 29.2 Å². The van der Waals surface area contributed by atoms with Crippen LogP contribution in [0, 0.1) is 0 Å². The zero-order chi connectivity index (χ0) is 21.8. The zero-order valence-corrected chi connectivity index (χ0v) is 18.8. The molecule has 2 heterocycles. The van der Waals surface area contributed by atoms with Crippen LogP contribution < -0.4 is 9.88 Å². The second kappa shape index (κ2) is 9.36. The van der Waals surface area contributed by atoms with E-state index in [1.54, 1.807) is 6.92 Å². The first-order chi connectivity index (χ1) is 15.1. The van der Waals surface area contributed by atoms with Crippen LogP contribution >= 0.6 is 23.1 Å². The Labute approximate surface area is 188 Å². The molecule has 0 saturated heterocycles. The number of anilines is 1. The van der Waals surface area contributed by atoms with Crippen LogP contribution in [0.1, 0.15) is 17.3 Å². The number of carbonyl (C=O) groups excluding carboxylic acids is 2. The molecule has 4 rings (SSSR count). The summed E-state index contributed by atoms with van der Waals surface area (Å²) in [6, 6.07) is 17.6. The Bertz CT molecular complexity index is 1230. The van der Waals surface area contributed by atoms with Gasteiger partial charge in [-0.05, 0) is 36.4 Å². The van der Waals surface area contributed by atoms with Crippen molar-refractivity contribution in [1.82, 2.24) is 4.98 Å². The number of hydrogen-bond acceptors (Lipinski definition) is 5. The zero-order valence-electron chi connectivity index (χ0n) is 17.2. The van der Waals surface area contributed by atoms with E-state index in [0.29, 0.717) is 10.6 Å². The van der Waals surface area contributed by atoms with E-state index in [1.807, 2.05) is 71.6 Å². The van der Waals surface area contributed by atoms with Crippen molar-refractivity contribution in [2.75, 3.05) is 17.7 Å². The number of hydrogen-bond donors (Lipinski definition) is 2. The molecule has 0 atom stereocenters. The molecule has 1 amide bonds. The number of esters is 1. The van der Waals surface area contributed by atoms with Crippen molar-refractivity contribution in [2.45, 2.75) is 12.1 Å². The van der Waals surface area contributed by atoms with Gasteiger partial charge in [0.2, 0.25) is 5.91 Å². The first-order valence-electron chi connectivity index (χ1n) is 9.82. The lowest BCUT2D eigenvalue weighted by Crippen LogP contribution is -2.29. The van der Waals surface area contributed by atoms with Gasteiger partial charge in [-0.15, -0.1) is 11.3 Å². The van der Waals surface area contributed by atoms with Crippen LogP contribution in [0.2, 0.25) is 0 Å². The number of nitrogens with one attached hydrogen (secondary N) is 2. The number of carbonyl (C=O) groups is 2. The summed E-state index contributed by atoms with van der Waals surface area (Å²) in [5.74, 6) is -0.412. The molecule has 0 saturated carbocycles. The summed E-state index contributed by atoms with van der Waals surface area (Å²) in [5, 5.41) is 6.17. The molecule has 2 aromatic heterocycles. The average molecular weight is 453 g/mol. The van der Waals surface area contributed by atoms with Gasteiger partial charge in [0.25, 0.3) is 0 Å². The number of aromatic nitrogens is 2. The molecule has 0 aliphatic carbocycles. The lowest BCUT2D eigenvalue weighted by molar-refractivity contribution is -0.683. The van der Waals surface area contributed by atoms with Crippen molar-refractivity contribution < 1.29 is 18.9 Å². The van der Waals surface area contributed by atoms with E-state index in [2.05, 4.69) is 10.3 Å². The Hall–Kier alpha value is -3.10. The fourth-order valence-electron chi connectivity index (χ4n) is 3.30. The predicted octanol–water partition coefficient (Wildman–Crippen LogP) is 4.63. The molecule has 0 fully saturated rings. The third kappa shape index (κ3) is 4.50. The molecule has 2 N–H and O–H groups in total. The minimum atomic E-state index is -0.437. The number of H-pyrrole nitrogens is 1. The third-order valence-electron chi connectivity index (χ3n) is 4.76. The Morgan fingerprint density at radius 2 is 1.87 bits per heavy atom. The van der Waals surface area contributed by atoms with E-state index in [1.165, 1.54) is 23.1 Å². The van der Waals surface area contributed by atoms with Gasteiger partial charge in [0.1, 0.15) is 10.6 Å². The molecule has 2 aromatic carbocycles. The largest absolute Gasteiger partial charge is 0.462 e. The molecule has 158 valence electrons. The number of thiophene rings is 1. The fourth-order valence-corrected chi connectivity index (χ4v) is 5.08. The number of amides is 1. The molecule has 0 spiro atoms. The number of ether oxygens (including phenoxy) is 1. The lowest BCUT2D eigenvalue weighted by atomic mass is 10.0. The first-order valence-corrected chi connectivity index (χ1v) is 11.7. The summed E-state index contributed by atoms with van der Waals surface area (Å²) >= 11 is 2.74. The number of imidazole rings is 1. The highest BCUT2D eigenvalue weighted by atomic mass is 32.2. The highest BCUT2D eigenvalue weighted by Gasteiger charge is 2.23. The molecule has 0 aliphatic heterocycles. The van der Waals surface area contributed by atoms with E-state index in [0.717, 1.165) is 27.3 Å². The number of benzene rings is 2. The van der Waals surface area contributed by atoms with Crippen LogP contribution in [0.5, 0.6) is 0 Å². The SMILES string of the molecule is CCOC(=O)c1c(-c2ccccc2)csc1NC(=O)CSc1[nH]c2ccccc2[n+]1C. The fraction of sp³-hybridized carbons (Fsp3) is 0.174. The number of fused-ring (bicyclic) bond motifs is 1. The second-order valence-electron chi connectivity index (χ2n) is 6.78. The third-order valence-corrected chi connectivity index (χ3v) is 6.71. The van der Waals surface area contributed by atoms with Crippen LogP contribution in [0.4, 0.5) is 5.00 Å². The standard InChI is InChI=1S/C23H21N3O3S2/c1-3-29-22(28)20-16(15-9-5-4-6-10-15)13-30-21(20)25-19(27)14-31-23-24-17-11-7-8-12-18(17)26(23)2/h4-13H,3,14H2,1-2H3,(H,25,27,28)/p+1. The maximum atomic E-state index is 12.7. The topological polar surface area (TPSA) is 75.1 Å². The monoisotopic (exact) mass is 452 g/mol. The van der Waals surface area contributed by atoms with Gasteiger partial charge in [0.05, 0.1) is 19.4 Å². The molecule has 0 aliphatic rings. The van der Waals surface area contributed by atoms with E-state index in [4.69, 9.17) is 4.74 Å². The van der Waals surface area contributed by atoms with Gasteiger partial charge in [0, 0.05) is 10.9 Å². The van der Waals surface area contributed by atoms with Crippen molar-refractivity contribution in [3.05, 3.63) is 65.5 Å². The lowest BCUT2D eigenvalue weighted by Gasteiger charge is -2.08. The summed E-state index contributed by atoms with van der Waals surface area (Å²) < 4.78 is 7.28. The molecule has 31 heavy (non-hydrogen) atoms. The Morgan fingerprint density at radius 1 is 1.13 bits per heavy atom. The van der Waals surface area contributed by atoms with Gasteiger partial charge < -0.3 is 10.1 Å². The highest BCUT2D eigenvalue weighted by Crippen LogP contribution is 2.36. The van der Waals surface area contributed by atoms with E-state index in [9.17, 15) is 9.59 Å². The van der Waals surface area contributed by atoms with Crippen LogP contribution in [0.15, 0.2) is 65.1 Å². The Morgan fingerprint density at radius 3 is 2.61 bits per heavy atom. The minimum absolute atomic E-state index is 0.185. The van der Waals surface area contributed by atoms with Gasteiger partial charge in [-0.3, -0.25) is 4.79 Å². The van der Waals surface area contributed by atoms with Crippen molar-refractivity contribution >= 4 is 51.0 Å². The first kappa shape index (κ1) is 21.1. The maximum Gasteiger partial charge on any atom is 0.341 e. The van der Waals surface area contributed by atoms with Gasteiger partial charge in [-0.25, -0.2) is 14.3 Å². The van der Waals surface area contributed by atoms with E-state index in [-0.39, 0.29) is 18.3 Å². The Kier molecular flexibility index (Phi) is 6.39. The van der Waals surface area contributed by atoms with Crippen LogP contribution in [0.25, 0.3) is 22.2 Å². The molecule has 4 aromatic rings. The van der Waals surface area contributed by atoms with Crippen LogP contribution in [0.3, 0.4) is 0 Å². The van der Waals surface area contributed by atoms with Crippen molar-refractivity contribution in [2.24, 2.45) is 7.05 Å². The summed E-state index contributed by atoms with van der Waals surface area (Å²) in [5.41, 5.74) is 4.15. The van der Waals surface area contributed by atoms with Gasteiger partial charge >= 0.3 is 11.1 Å². The predicted molar refractivity (Wildman–Crippen MR) is 125 cm³/mol. The highest BCUT2D eigenvalue weighted by molar-refractivity contribution is 7.99. The molecule has 6 nitrogen and oxygen atoms in total. The number of para-hydroxylation sites is 2. The van der Waals surface area contributed by atoms with Crippen molar-refractivity contribution in [1.29, 1.82) is 0 Å². The maximum absolute atomic E-state index is 12.7. The van der Waals surface area contributed by atoms with Crippen molar-refractivity contribution in [3.63, 3.8) is 0 Å². The number of nitrogens with zero attached hydrogens (tertiary/aromatic N) is 1. The quantitative estimate of drug-likeness (QED) is 0.244. The van der Waals surface area contributed by atoms with Crippen LogP contribution in [-0.2, 0) is 16.6 Å². The Balaban J connectivity index is 1.52. The summed E-state index contributed by atoms with van der Waals surface area (Å²) in [6.07, 6.45) is 0. The number of rotatable bonds is 7. The van der Waals surface area contributed by atoms with E-state index < -0.39 is 5.97 Å². The molecule has 0 unspecified atom stereocenters. The van der Waals surface area contributed by atoms with Crippen molar-refractivity contribution in [3.8, 4) is 11.1 Å². The van der Waals surface area contributed by atoms with Gasteiger partial charge in [-0.2, -0.15) is 0 Å². The smallest absolute Gasteiger partial charge is 0.341 e. The summed E-state index contributed by atoms with van der Waals surface area (Å²) in [7, 11) is 1.96. The normalized spacial score (nSPS) is 10.9. The van der Waals surface area contributed by atoms with Gasteiger partial charge in [0.15, 0.2) is 11.0 Å². The molecular formula is C23H22N3O3S2+.